The number of sulfonamides is 1. The highest BCUT2D eigenvalue weighted by molar-refractivity contribution is 7.90. The van der Waals surface area contributed by atoms with Gasteiger partial charge in [-0.3, -0.25) is 0 Å². The van der Waals surface area contributed by atoms with E-state index in [2.05, 4.69) is 10.0 Å². The summed E-state index contributed by atoms with van der Waals surface area (Å²) in [7, 11) is -1.55. The van der Waals surface area contributed by atoms with Gasteiger partial charge in [-0.1, -0.05) is 0 Å². The monoisotopic (exact) mass is 283 g/mol. The summed E-state index contributed by atoms with van der Waals surface area (Å²) in [5, 5.41) is 2.36. The predicted molar refractivity (Wildman–Crippen MR) is 71.0 cm³/mol. The molecule has 18 heavy (non-hydrogen) atoms. The fraction of sp³-hybridized carbons (Fsp3) is 1.00. The molecule has 0 radical (unpaired) electrons. The second-order valence-corrected chi connectivity index (χ2v) is 6.00. The van der Waals surface area contributed by atoms with Crippen LogP contribution in [0.2, 0.25) is 0 Å². The maximum atomic E-state index is 11.6. The van der Waals surface area contributed by atoms with Gasteiger partial charge in [0.05, 0.1) is 31.7 Å². The van der Waals surface area contributed by atoms with Crippen LogP contribution in [-0.4, -0.2) is 66.8 Å². The van der Waals surface area contributed by atoms with Gasteiger partial charge in [0.1, 0.15) is 0 Å². The summed E-state index contributed by atoms with van der Waals surface area (Å²) in [6.07, 6.45) is 0. The Morgan fingerprint density at radius 3 is 2.33 bits per heavy atom. The molecule has 0 spiro atoms. The minimum Gasteiger partial charge on any atom is -0.378 e. The van der Waals surface area contributed by atoms with Gasteiger partial charge in [-0.2, -0.15) is 0 Å². The van der Waals surface area contributed by atoms with Crippen LogP contribution < -0.4 is 15.8 Å². The third kappa shape index (κ3) is 8.78. The van der Waals surface area contributed by atoms with Crippen molar-refractivity contribution in [1.82, 2.24) is 10.0 Å². The fourth-order valence-electron chi connectivity index (χ4n) is 1.20. The molecule has 4 N–H and O–H groups in total. The lowest BCUT2D eigenvalue weighted by Gasteiger charge is -2.13. The third-order valence-corrected chi connectivity index (χ3v) is 4.04. The van der Waals surface area contributed by atoms with Crippen LogP contribution in [0.3, 0.4) is 0 Å². The standard InChI is InChI=1S/C10H25N3O4S/c1-10(9-12-2)18(14,15)13-4-6-17-8-7-16-5-3-11/h10,12-13H,3-9,11H2,1-2H3. The van der Waals surface area contributed by atoms with Gasteiger partial charge >= 0.3 is 0 Å². The zero-order chi connectivity index (χ0) is 13.9. The van der Waals surface area contributed by atoms with E-state index in [1.54, 1.807) is 14.0 Å². The van der Waals surface area contributed by atoms with Crippen LogP contribution in [0, 0.1) is 0 Å². The predicted octanol–water partition coefficient (Wildman–Crippen LogP) is -1.49. The molecule has 0 saturated heterocycles. The Hall–Kier alpha value is -0.250. The van der Waals surface area contributed by atoms with Crippen molar-refractivity contribution in [3.8, 4) is 0 Å². The summed E-state index contributed by atoms with van der Waals surface area (Å²) in [6.45, 7) is 4.59. The molecule has 0 aliphatic heterocycles. The van der Waals surface area contributed by atoms with Gasteiger partial charge in [0.25, 0.3) is 0 Å². The molecule has 0 aromatic rings. The summed E-state index contributed by atoms with van der Waals surface area (Å²) in [4.78, 5) is 0. The van der Waals surface area contributed by atoms with Crippen LogP contribution in [0.25, 0.3) is 0 Å². The minimum atomic E-state index is -3.26. The van der Waals surface area contributed by atoms with Crippen LogP contribution in [0.15, 0.2) is 0 Å². The zero-order valence-corrected chi connectivity index (χ0v) is 12.0. The van der Waals surface area contributed by atoms with Gasteiger partial charge < -0.3 is 20.5 Å². The first-order chi connectivity index (χ1) is 8.54. The Morgan fingerprint density at radius 2 is 1.78 bits per heavy atom. The molecule has 0 heterocycles. The summed E-state index contributed by atoms with van der Waals surface area (Å²) in [5.74, 6) is 0. The van der Waals surface area contributed by atoms with E-state index in [1.807, 2.05) is 0 Å². The summed E-state index contributed by atoms with van der Waals surface area (Å²) < 4.78 is 36.1. The van der Waals surface area contributed by atoms with E-state index in [-0.39, 0.29) is 6.54 Å². The highest BCUT2D eigenvalue weighted by atomic mass is 32.2. The zero-order valence-electron chi connectivity index (χ0n) is 11.1. The molecule has 0 aliphatic carbocycles. The topological polar surface area (TPSA) is 103 Å². The van der Waals surface area contributed by atoms with E-state index in [4.69, 9.17) is 15.2 Å². The first-order valence-electron chi connectivity index (χ1n) is 6.03. The Bertz CT molecular complexity index is 285. The van der Waals surface area contributed by atoms with E-state index in [1.165, 1.54) is 0 Å². The summed E-state index contributed by atoms with van der Waals surface area (Å²) >= 11 is 0. The Morgan fingerprint density at radius 1 is 1.17 bits per heavy atom. The Balaban J connectivity index is 3.53. The van der Waals surface area contributed by atoms with Crippen LogP contribution in [0.1, 0.15) is 6.92 Å². The molecule has 8 heteroatoms. The second-order valence-electron chi connectivity index (χ2n) is 3.82. The lowest BCUT2D eigenvalue weighted by atomic mass is 10.5. The third-order valence-electron chi connectivity index (χ3n) is 2.21. The van der Waals surface area contributed by atoms with Gasteiger partial charge in [0.15, 0.2) is 0 Å². The molecule has 110 valence electrons. The maximum absolute atomic E-state index is 11.6. The summed E-state index contributed by atoms with van der Waals surface area (Å²) in [5.41, 5.74) is 5.24. The van der Waals surface area contributed by atoms with Gasteiger partial charge in [-0.25, -0.2) is 13.1 Å². The van der Waals surface area contributed by atoms with Crippen molar-refractivity contribution in [1.29, 1.82) is 0 Å². The Labute approximate surface area is 109 Å². The second kappa shape index (κ2) is 10.7. The van der Waals surface area contributed by atoms with Crippen molar-refractivity contribution >= 4 is 10.0 Å². The van der Waals surface area contributed by atoms with Gasteiger partial charge in [-0.05, 0) is 14.0 Å². The lowest BCUT2D eigenvalue weighted by Crippen LogP contribution is -2.39. The van der Waals surface area contributed by atoms with Crippen molar-refractivity contribution in [2.75, 3.05) is 53.1 Å². The number of rotatable bonds is 12. The molecule has 7 nitrogen and oxygen atoms in total. The highest BCUT2D eigenvalue weighted by Crippen LogP contribution is 1.95. The molecular weight excluding hydrogens is 258 g/mol. The van der Waals surface area contributed by atoms with Crippen molar-refractivity contribution in [2.24, 2.45) is 5.73 Å². The molecule has 0 saturated carbocycles. The van der Waals surface area contributed by atoms with E-state index in [0.717, 1.165) is 0 Å². The number of hydrogen-bond donors (Lipinski definition) is 3. The number of nitrogens with two attached hydrogens (primary N) is 1. The number of ether oxygens (including phenoxy) is 2. The molecular formula is C10H25N3O4S. The van der Waals surface area contributed by atoms with E-state index in [9.17, 15) is 8.42 Å². The number of hydrogen-bond acceptors (Lipinski definition) is 6. The lowest BCUT2D eigenvalue weighted by molar-refractivity contribution is 0.0530. The van der Waals surface area contributed by atoms with E-state index in [0.29, 0.717) is 39.5 Å². The van der Waals surface area contributed by atoms with Crippen LogP contribution in [0.4, 0.5) is 0 Å². The smallest absolute Gasteiger partial charge is 0.215 e. The van der Waals surface area contributed by atoms with E-state index < -0.39 is 15.3 Å². The first kappa shape index (κ1) is 17.8. The quantitative estimate of drug-likeness (QED) is 0.377. The first-order valence-corrected chi connectivity index (χ1v) is 7.58. The maximum Gasteiger partial charge on any atom is 0.215 e. The molecule has 1 atom stereocenters. The largest absolute Gasteiger partial charge is 0.378 e. The SMILES string of the molecule is CNCC(C)S(=O)(=O)NCCOCCOCCN. The van der Waals surface area contributed by atoms with Crippen molar-refractivity contribution in [2.45, 2.75) is 12.2 Å². The van der Waals surface area contributed by atoms with Gasteiger partial charge in [0, 0.05) is 19.6 Å². The van der Waals surface area contributed by atoms with Crippen LogP contribution in [0.5, 0.6) is 0 Å². The van der Waals surface area contributed by atoms with Crippen molar-refractivity contribution in [3.05, 3.63) is 0 Å². The van der Waals surface area contributed by atoms with Crippen LogP contribution in [-0.2, 0) is 19.5 Å². The molecule has 0 aliphatic rings. The molecule has 0 rings (SSSR count). The molecule has 1 unspecified atom stereocenters. The Kier molecular flexibility index (Phi) is 10.5. The average Bonchev–Trinajstić information content (AvgIpc) is 2.33. The average molecular weight is 283 g/mol. The number of nitrogens with one attached hydrogen (secondary N) is 2. The van der Waals surface area contributed by atoms with Crippen LogP contribution >= 0.6 is 0 Å². The molecule has 0 amide bonds. The van der Waals surface area contributed by atoms with Crippen molar-refractivity contribution in [3.63, 3.8) is 0 Å². The van der Waals surface area contributed by atoms with Gasteiger partial charge in [0.2, 0.25) is 10.0 Å². The minimum absolute atomic E-state index is 0.271. The van der Waals surface area contributed by atoms with Gasteiger partial charge in [-0.15, -0.1) is 0 Å². The fourth-order valence-corrected chi connectivity index (χ4v) is 2.24. The highest BCUT2D eigenvalue weighted by Gasteiger charge is 2.18. The molecule has 0 bridgehead atoms. The molecule has 0 aromatic carbocycles. The normalized spacial score (nSPS) is 13.7. The molecule has 0 aromatic heterocycles. The van der Waals surface area contributed by atoms with E-state index >= 15 is 0 Å². The summed E-state index contributed by atoms with van der Waals surface area (Å²) in [6, 6.07) is 0. The molecule has 0 fully saturated rings. The van der Waals surface area contributed by atoms with Crippen molar-refractivity contribution < 1.29 is 17.9 Å².